The topological polar surface area (TPSA) is 88.1 Å². The summed E-state index contributed by atoms with van der Waals surface area (Å²) < 4.78 is 0. The first-order chi connectivity index (χ1) is 7.99. The third-order valence-corrected chi connectivity index (χ3v) is 2.73. The fourth-order valence-electron chi connectivity index (χ4n) is 1.42. The summed E-state index contributed by atoms with van der Waals surface area (Å²) >= 11 is 11.3. The van der Waals surface area contributed by atoms with Crippen LogP contribution in [-0.4, -0.2) is 45.0 Å². The second kappa shape index (κ2) is 4.42. The summed E-state index contributed by atoms with van der Waals surface area (Å²) in [5.41, 5.74) is 0. The highest BCUT2D eigenvalue weighted by Crippen LogP contribution is 2.21. The number of nitrogens with zero attached hydrogens (tertiary/aromatic N) is 4. The van der Waals surface area contributed by atoms with E-state index in [4.69, 9.17) is 23.2 Å². The lowest BCUT2D eigenvalue weighted by atomic mass is 10.2. The number of likely N-dealkylation sites (tertiary alicyclic amines) is 1. The molecule has 1 aromatic heterocycles. The first-order valence-corrected chi connectivity index (χ1v) is 5.37. The Hall–Kier alpha value is -1.47. The molecule has 17 heavy (non-hydrogen) atoms. The second-order valence-electron chi connectivity index (χ2n) is 3.41. The molecule has 1 unspecified atom stereocenters. The van der Waals surface area contributed by atoms with Gasteiger partial charge in [-0.1, -0.05) is 11.6 Å². The Balaban J connectivity index is 2.19. The second-order valence-corrected chi connectivity index (χ2v) is 4.11. The van der Waals surface area contributed by atoms with Crippen LogP contribution in [-0.2, 0) is 9.59 Å². The molecule has 0 radical (unpaired) electrons. The Morgan fingerprint density at radius 1 is 1.35 bits per heavy atom. The first kappa shape index (κ1) is 12.0. The zero-order valence-electron chi connectivity index (χ0n) is 8.65. The normalized spacial score (nSPS) is 19.9. The standard InChI is InChI=1S/C8H7Cl2N5O2/c1-15-4(16)2-3(7(15)17)11-6-5(9)13-14-8(10)12-6/h3H,2H2,1H3,(H,11,12,14). The van der Waals surface area contributed by atoms with Crippen molar-refractivity contribution in [2.45, 2.75) is 12.5 Å². The van der Waals surface area contributed by atoms with Gasteiger partial charge in [0.05, 0.1) is 6.42 Å². The van der Waals surface area contributed by atoms with Gasteiger partial charge in [-0.25, -0.2) is 0 Å². The number of hydrogen-bond donors (Lipinski definition) is 1. The number of nitrogens with one attached hydrogen (secondary N) is 1. The van der Waals surface area contributed by atoms with E-state index in [0.29, 0.717) is 0 Å². The lowest BCUT2D eigenvalue weighted by Gasteiger charge is -2.11. The van der Waals surface area contributed by atoms with Crippen LogP contribution in [0.5, 0.6) is 0 Å². The van der Waals surface area contributed by atoms with Gasteiger partial charge in [0.15, 0.2) is 11.0 Å². The van der Waals surface area contributed by atoms with Crippen LogP contribution >= 0.6 is 23.2 Å². The van der Waals surface area contributed by atoms with Crippen LogP contribution in [0.4, 0.5) is 5.82 Å². The maximum atomic E-state index is 11.6. The van der Waals surface area contributed by atoms with Crippen molar-refractivity contribution >= 4 is 40.8 Å². The number of carbonyl (C=O) groups is 2. The number of halogens is 2. The highest BCUT2D eigenvalue weighted by atomic mass is 35.5. The van der Waals surface area contributed by atoms with Crippen molar-refractivity contribution in [1.29, 1.82) is 0 Å². The van der Waals surface area contributed by atoms with Crippen molar-refractivity contribution in [2.75, 3.05) is 12.4 Å². The third kappa shape index (κ3) is 2.29. The molecule has 1 aliphatic heterocycles. The van der Waals surface area contributed by atoms with Crippen LogP contribution in [0.25, 0.3) is 0 Å². The number of anilines is 1. The number of likely N-dealkylation sites (N-methyl/N-ethyl adjacent to an activating group) is 1. The van der Waals surface area contributed by atoms with Gasteiger partial charge in [0.25, 0.3) is 5.91 Å². The van der Waals surface area contributed by atoms with E-state index in [1.165, 1.54) is 7.05 Å². The lowest BCUT2D eigenvalue weighted by molar-refractivity contribution is -0.136. The van der Waals surface area contributed by atoms with E-state index in [-0.39, 0.29) is 34.5 Å². The van der Waals surface area contributed by atoms with Gasteiger partial charge in [-0.05, 0) is 11.6 Å². The Morgan fingerprint density at radius 2 is 2.06 bits per heavy atom. The summed E-state index contributed by atoms with van der Waals surface area (Å²) in [5, 5.41) is 9.58. The monoisotopic (exact) mass is 275 g/mol. The summed E-state index contributed by atoms with van der Waals surface area (Å²) in [6.45, 7) is 0. The van der Waals surface area contributed by atoms with Gasteiger partial charge in [0.1, 0.15) is 6.04 Å². The summed E-state index contributed by atoms with van der Waals surface area (Å²) in [6.07, 6.45) is 0.0489. The summed E-state index contributed by atoms with van der Waals surface area (Å²) in [6, 6.07) is -0.697. The molecule has 0 spiro atoms. The van der Waals surface area contributed by atoms with Crippen molar-refractivity contribution in [3.8, 4) is 0 Å². The fraction of sp³-hybridized carbons (Fsp3) is 0.375. The summed E-state index contributed by atoms with van der Waals surface area (Å²) in [4.78, 5) is 27.7. The first-order valence-electron chi connectivity index (χ1n) is 4.61. The van der Waals surface area contributed by atoms with Crippen molar-refractivity contribution in [3.05, 3.63) is 10.4 Å². The summed E-state index contributed by atoms with van der Waals surface area (Å²) in [7, 11) is 1.42. The van der Waals surface area contributed by atoms with Gasteiger partial charge < -0.3 is 5.32 Å². The third-order valence-electron chi connectivity index (χ3n) is 2.31. The Kier molecular flexibility index (Phi) is 3.12. The van der Waals surface area contributed by atoms with Crippen molar-refractivity contribution in [3.63, 3.8) is 0 Å². The van der Waals surface area contributed by atoms with E-state index in [1.807, 2.05) is 0 Å². The van der Waals surface area contributed by atoms with E-state index < -0.39 is 6.04 Å². The molecule has 2 heterocycles. The van der Waals surface area contributed by atoms with Crippen LogP contribution in [0.15, 0.2) is 0 Å². The van der Waals surface area contributed by atoms with Crippen LogP contribution in [0, 0.1) is 0 Å². The largest absolute Gasteiger partial charge is 0.355 e. The van der Waals surface area contributed by atoms with Gasteiger partial charge in [0.2, 0.25) is 11.2 Å². The Morgan fingerprint density at radius 3 is 2.65 bits per heavy atom. The van der Waals surface area contributed by atoms with E-state index in [1.54, 1.807) is 0 Å². The zero-order chi connectivity index (χ0) is 12.6. The minimum absolute atomic E-state index is 0.01000. The molecule has 2 amide bonds. The van der Waals surface area contributed by atoms with Gasteiger partial charge >= 0.3 is 0 Å². The van der Waals surface area contributed by atoms with Gasteiger partial charge in [-0.2, -0.15) is 4.98 Å². The highest BCUT2D eigenvalue weighted by molar-refractivity contribution is 6.32. The van der Waals surface area contributed by atoms with Crippen LogP contribution < -0.4 is 5.32 Å². The number of imide groups is 1. The molecule has 1 aliphatic rings. The number of aromatic nitrogens is 3. The fourth-order valence-corrected chi connectivity index (χ4v) is 1.68. The molecule has 1 N–H and O–H groups in total. The van der Waals surface area contributed by atoms with Gasteiger partial charge in [-0.15, -0.1) is 10.2 Å². The van der Waals surface area contributed by atoms with Crippen molar-refractivity contribution in [2.24, 2.45) is 0 Å². The summed E-state index contributed by atoms with van der Waals surface area (Å²) in [5.74, 6) is -0.481. The molecule has 1 fully saturated rings. The molecule has 0 saturated carbocycles. The maximum absolute atomic E-state index is 11.6. The van der Waals surface area contributed by atoms with Crippen molar-refractivity contribution in [1.82, 2.24) is 20.1 Å². The molecular weight excluding hydrogens is 269 g/mol. The van der Waals surface area contributed by atoms with E-state index in [2.05, 4.69) is 20.5 Å². The number of carbonyl (C=O) groups excluding carboxylic acids is 2. The Bertz CT molecular complexity index is 495. The molecule has 7 nitrogen and oxygen atoms in total. The van der Waals surface area contributed by atoms with Crippen LogP contribution in [0.3, 0.4) is 0 Å². The van der Waals surface area contributed by atoms with E-state index in [0.717, 1.165) is 4.90 Å². The number of hydrogen-bond acceptors (Lipinski definition) is 6. The van der Waals surface area contributed by atoms with Gasteiger partial charge in [0, 0.05) is 7.05 Å². The SMILES string of the molecule is CN1C(=O)CC(Nc2nc(Cl)nnc2Cl)C1=O. The molecule has 0 bridgehead atoms. The average molecular weight is 276 g/mol. The molecule has 0 aromatic carbocycles. The highest BCUT2D eigenvalue weighted by Gasteiger charge is 2.36. The smallest absolute Gasteiger partial charge is 0.251 e. The molecule has 1 saturated heterocycles. The van der Waals surface area contributed by atoms with Crippen molar-refractivity contribution < 1.29 is 9.59 Å². The molecule has 1 aromatic rings. The Labute approximate surface area is 106 Å². The molecule has 0 aliphatic carbocycles. The number of amides is 2. The minimum atomic E-state index is -0.697. The molecule has 90 valence electrons. The van der Waals surface area contributed by atoms with E-state index >= 15 is 0 Å². The molecule has 1 atom stereocenters. The van der Waals surface area contributed by atoms with Crippen LogP contribution in [0.2, 0.25) is 10.4 Å². The molecular formula is C8H7Cl2N5O2. The molecule has 9 heteroatoms. The predicted octanol–water partition coefficient (Wildman–Crippen LogP) is 0.348. The van der Waals surface area contributed by atoms with E-state index in [9.17, 15) is 9.59 Å². The average Bonchev–Trinajstić information content (AvgIpc) is 2.52. The minimum Gasteiger partial charge on any atom is -0.355 e. The van der Waals surface area contributed by atoms with Gasteiger partial charge in [-0.3, -0.25) is 14.5 Å². The molecule has 2 rings (SSSR count). The lowest BCUT2D eigenvalue weighted by Crippen LogP contribution is -2.32. The quantitative estimate of drug-likeness (QED) is 0.784. The maximum Gasteiger partial charge on any atom is 0.251 e. The zero-order valence-corrected chi connectivity index (χ0v) is 10.2. The number of rotatable bonds is 2. The predicted molar refractivity (Wildman–Crippen MR) is 59.7 cm³/mol. The van der Waals surface area contributed by atoms with Crippen LogP contribution in [0.1, 0.15) is 6.42 Å².